The molecule has 0 spiro atoms. The third-order valence-corrected chi connectivity index (χ3v) is 3.33. The first-order valence-corrected chi connectivity index (χ1v) is 6.50. The van der Waals surface area contributed by atoms with E-state index >= 15 is 0 Å². The molecule has 21 heavy (non-hydrogen) atoms. The van der Waals surface area contributed by atoms with Crippen LogP contribution in [0.4, 0.5) is 23.2 Å². The highest BCUT2D eigenvalue weighted by Gasteiger charge is 2.30. The van der Waals surface area contributed by atoms with Crippen LogP contribution >= 0.6 is 15.9 Å². The van der Waals surface area contributed by atoms with E-state index in [4.69, 9.17) is 0 Å². The Morgan fingerprint density at radius 2 is 1.67 bits per heavy atom. The van der Waals surface area contributed by atoms with Crippen LogP contribution < -0.4 is 5.32 Å². The number of rotatable bonds is 2. The summed E-state index contributed by atoms with van der Waals surface area (Å²) < 4.78 is 50.7. The van der Waals surface area contributed by atoms with Crippen molar-refractivity contribution in [2.45, 2.75) is 6.18 Å². The summed E-state index contributed by atoms with van der Waals surface area (Å²) in [7, 11) is 0. The van der Waals surface area contributed by atoms with Gasteiger partial charge in [-0.2, -0.15) is 13.2 Å². The molecule has 0 aliphatic rings. The fourth-order valence-corrected chi connectivity index (χ4v) is 2.04. The normalized spacial score (nSPS) is 11.3. The van der Waals surface area contributed by atoms with Crippen LogP contribution in [0.5, 0.6) is 0 Å². The summed E-state index contributed by atoms with van der Waals surface area (Å²) in [6.45, 7) is 0. The van der Waals surface area contributed by atoms with Crippen molar-refractivity contribution in [2.24, 2.45) is 0 Å². The Morgan fingerprint density at radius 3 is 2.24 bits per heavy atom. The summed E-state index contributed by atoms with van der Waals surface area (Å²) in [6, 6.07) is 7.56. The van der Waals surface area contributed by atoms with Crippen LogP contribution in [0.1, 0.15) is 15.9 Å². The van der Waals surface area contributed by atoms with Crippen LogP contribution in [0.25, 0.3) is 0 Å². The summed E-state index contributed by atoms with van der Waals surface area (Å²) in [5.41, 5.74) is -0.577. The van der Waals surface area contributed by atoms with Crippen molar-refractivity contribution < 1.29 is 22.4 Å². The average Bonchev–Trinajstić information content (AvgIpc) is 2.41. The zero-order valence-corrected chi connectivity index (χ0v) is 11.9. The zero-order chi connectivity index (χ0) is 15.6. The van der Waals surface area contributed by atoms with Gasteiger partial charge in [0.25, 0.3) is 5.91 Å². The molecule has 2 aromatic rings. The second-order valence-electron chi connectivity index (χ2n) is 4.15. The molecule has 110 valence electrons. The Kier molecular flexibility index (Phi) is 4.32. The second-order valence-corrected chi connectivity index (χ2v) is 5.01. The van der Waals surface area contributed by atoms with Crippen LogP contribution in [0.2, 0.25) is 0 Å². The molecule has 0 saturated heterocycles. The van der Waals surface area contributed by atoms with E-state index in [-0.39, 0.29) is 11.3 Å². The molecule has 7 heteroatoms. The topological polar surface area (TPSA) is 29.1 Å². The first-order valence-electron chi connectivity index (χ1n) is 5.71. The largest absolute Gasteiger partial charge is 0.416 e. The number of alkyl halides is 3. The molecule has 2 rings (SSSR count). The van der Waals surface area contributed by atoms with Crippen molar-refractivity contribution in [3.8, 4) is 0 Å². The van der Waals surface area contributed by atoms with Crippen LogP contribution in [-0.4, -0.2) is 5.91 Å². The van der Waals surface area contributed by atoms with E-state index in [0.29, 0.717) is 4.47 Å². The van der Waals surface area contributed by atoms with E-state index in [1.54, 1.807) is 0 Å². The van der Waals surface area contributed by atoms with Gasteiger partial charge in [0.05, 0.1) is 11.1 Å². The van der Waals surface area contributed by atoms with Gasteiger partial charge in [-0.15, -0.1) is 0 Å². The lowest BCUT2D eigenvalue weighted by Crippen LogP contribution is -2.13. The molecule has 2 nitrogen and oxygen atoms in total. The summed E-state index contributed by atoms with van der Waals surface area (Å²) in [5.74, 6) is -1.21. The SMILES string of the molecule is O=C(Nc1ccc(C(F)(F)F)cc1)c1cc(F)ccc1Br. The smallest absolute Gasteiger partial charge is 0.322 e. The van der Waals surface area contributed by atoms with Gasteiger partial charge < -0.3 is 5.32 Å². The lowest BCUT2D eigenvalue weighted by Gasteiger charge is -2.09. The third-order valence-electron chi connectivity index (χ3n) is 2.64. The molecule has 0 fully saturated rings. The molecule has 2 aromatic carbocycles. The average molecular weight is 362 g/mol. The van der Waals surface area contributed by atoms with Gasteiger partial charge in [0.15, 0.2) is 0 Å². The number of amides is 1. The second kappa shape index (κ2) is 5.85. The Balaban J connectivity index is 2.18. The highest BCUT2D eigenvalue weighted by Crippen LogP contribution is 2.30. The van der Waals surface area contributed by atoms with Crippen molar-refractivity contribution in [3.63, 3.8) is 0 Å². The quantitative estimate of drug-likeness (QED) is 0.760. The van der Waals surface area contributed by atoms with E-state index in [0.717, 1.165) is 30.3 Å². The molecule has 0 unspecified atom stereocenters. The minimum absolute atomic E-state index is 0.0508. The maximum absolute atomic E-state index is 13.1. The molecular weight excluding hydrogens is 354 g/mol. The van der Waals surface area contributed by atoms with Gasteiger partial charge in [-0.3, -0.25) is 4.79 Å². The van der Waals surface area contributed by atoms with Crippen LogP contribution in [0.15, 0.2) is 46.9 Å². The summed E-state index contributed by atoms with van der Waals surface area (Å²) in [4.78, 5) is 11.9. The summed E-state index contributed by atoms with van der Waals surface area (Å²) >= 11 is 3.11. The minimum Gasteiger partial charge on any atom is -0.322 e. The maximum Gasteiger partial charge on any atom is 0.416 e. The molecule has 0 radical (unpaired) electrons. The van der Waals surface area contributed by atoms with Crippen molar-refractivity contribution in [1.29, 1.82) is 0 Å². The molecule has 1 N–H and O–H groups in total. The van der Waals surface area contributed by atoms with Gasteiger partial charge >= 0.3 is 6.18 Å². The molecule has 0 aromatic heterocycles. The minimum atomic E-state index is -4.44. The summed E-state index contributed by atoms with van der Waals surface area (Å²) in [5, 5.41) is 2.40. The van der Waals surface area contributed by atoms with Gasteiger partial charge in [-0.05, 0) is 58.4 Å². The van der Waals surface area contributed by atoms with Crippen LogP contribution in [0, 0.1) is 5.82 Å². The van der Waals surface area contributed by atoms with Gasteiger partial charge in [0, 0.05) is 10.2 Å². The van der Waals surface area contributed by atoms with Crippen molar-refractivity contribution in [1.82, 2.24) is 0 Å². The van der Waals surface area contributed by atoms with E-state index < -0.39 is 23.5 Å². The predicted octanol–water partition coefficient (Wildman–Crippen LogP) is 4.86. The van der Waals surface area contributed by atoms with Crippen LogP contribution in [0.3, 0.4) is 0 Å². The molecule has 0 atom stereocenters. The maximum atomic E-state index is 13.1. The molecule has 0 saturated carbocycles. The highest BCUT2D eigenvalue weighted by atomic mass is 79.9. The van der Waals surface area contributed by atoms with Crippen LogP contribution in [-0.2, 0) is 6.18 Å². The number of carbonyl (C=O) groups excluding carboxylic acids is 1. The van der Waals surface area contributed by atoms with E-state index in [2.05, 4.69) is 21.2 Å². The standard InChI is InChI=1S/C14H8BrF4NO/c15-12-6-3-9(16)7-11(12)13(21)20-10-4-1-8(2-5-10)14(17,18)19/h1-7H,(H,20,21). The molecule has 0 aliphatic carbocycles. The fourth-order valence-electron chi connectivity index (χ4n) is 1.61. The van der Waals surface area contributed by atoms with Crippen molar-refractivity contribution in [3.05, 3.63) is 63.9 Å². The lowest BCUT2D eigenvalue weighted by molar-refractivity contribution is -0.137. The van der Waals surface area contributed by atoms with E-state index in [9.17, 15) is 22.4 Å². The van der Waals surface area contributed by atoms with Gasteiger partial charge in [-0.25, -0.2) is 4.39 Å². The van der Waals surface area contributed by atoms with Crippen molar-refractivity contribution >= 4 is 27.5 Å². The predicted molar refractivity (Wildman–Crippen MR) is 73.5 cm³/mol. The zero-order valence-electron chi connectivity index (χ0n) is 10.3. The van der Waals surface area contributed by atoms with Crippen molar-refractivity contribution in [2.75, 3.05) is 5.32 Å². The Hall–Kier alpha value is -1.89. The molecule has 0 bridgehead atoms. The van der Waals surface area contributed by atoms with E-state index in [1.807, 2.05) is 0 Å². The van der Waals surface area contributed by atoms with Gasteiger partial charge in [0.2, 0.25) is 0 Å². The Morgan fingerprint density at radius 1 is 1.05 bits per heavy atom. The van der Waals surface area contributed by atoms with E-state index in [1.165, 1.54) is 12.1 Å². The van der Waals surface area contributed by atoms with Gasteiger partial charge in [-0.1, -0.05) is 0 Å². The molecule has 0 aliphatic heterocycles. The Bertz CT molecular complexity index is 668. The molecular formula is C14H8BrF4NO. The molecule has 1 amide bonds. The number of anilines is 1. The lowest BCUT2D eigenvalue weighted by atomic mass is 10.1. The number of carbonyl (C=O) groups is 1. The third kappa shape index (κ3) is 3.81. The first kappa shape index (κ1) is 15.5. The highest BCUT2D eigenvalue weighted by molar-refractivity contribution is 9.10. The Labute approximate surface area is 125 Å². The number of benzene rings is 2. The molecule has 0 heterocycles. The number of hydrogen-bond acceptors (Lipinski definition) is 1. The van der Waals surface area contributed by atoms with Gasteiger partial charge in [0.1, 0.15) is 5.82 Å². The number of halogens is 5. The fraction of sp³-hybridized carbons (Fsp3) is 0.0714. The number of nitrogens with one attached hydrogen (secondary N) is 1. The monoisotopic (exact) mass is 361 g/mol. The number of hydrogen-bond donors (Lipinski definition) is 1. The first-order chi connectivity index (χ1) is 9.77. The summed E-state index contributed by atoms with van der Waals surface area (Å²) in [6.07, 6.45) is -4.44.